The Morgan fingerprint density at radius 3 is 2.14 bits per heavy atom. The molecule has 8 nitrogen and oxygen atoms in total. The van der Waals surface area contributed by atoms with Crippen molar-refractivity contribution in [3.8, 4) is 0 Å². The first-order valence-electron chi connectivity index (χ1n) is 19.5. The zero-order valence-electron chi connectivity index (χ0n) is 31.3. The van der Waals surface area contributed by atoms with E-state index in [0.29, 0.717) is 12.0 Å². The van der Waals surface area contributed by atoms with Crippen molar-refractivity contribution in [3.05, 3.63) is 30.2 Å². The van der Waals surface area contributed by atoms with Crippen LogP contribution in [0.1, 0.15) is 131 Å². The smallest absolute Gasteiger partial charge is 0.357 e. The predicted octanol–water partition coefficient (Wildman–Crippen LogP) is 9.59. The molecule has 0 aromatic carbocycles. The second-order valence-electron chi connectivity index (χ2n) is 17.7. The molecule has 5 aliphatic carbocycles. The van der Waals surface area contributed by atoms with Crippen LogP contribution >= 0.6 is 0 Å². The normalized spacial score (nSPS) is 36.2. The number of carboxylic acids is 2. The molecule has 0 spiro atoms. The summed E-state index contributed by atoms with van der Waals surface area (Å²) in [4.78, 5) is 22.6. The van der Waals surface area contributed by atoms with Gasteiger partial charge in [0.1, 0.15) is 0 Å². The summed E-state index contributed by atoms with van der Waals surface area (Å²) in [7, 11) is 3.91. The summed E-state index contributed by atoms with van der Waals surface area (Å²) in [6.07, 6.45) is 21.0. The summed E-state index contributed by atoms with van der Waals surface area (Å²) in [5.41, 5.74) is 16.9. The minimum Gasteiger partial charge on any atom is -0.676 e. The number of hydrogen-bond donors (Lipinski definition) is 2. The Labute approximate surface area is 312 Å². The molecule has 10 atom stereocenters. The maximum atomic E-state index is 11.3. The van der Waals surface area contributed by atoms with Crippen LogP contribution in [0.25, 0.3) is 11.5 Å². The number of rotatable bonds is 13. The number of allylic oxidation sites excluding steroid dienone is 1. The van der Waals surface area contributed by atoms with E-state index in [4.69, 9.17) is 16.2 Å². The second-order valence-corrected chi connectivity index (χ2v) is 17.7. The molecule has 0 aliphatic heterocycles. The molecule has 9 heteroatoms. The van der Waals surface area contributed by atoms with Gasteiger partial charge in [0.2, 0.25) is 0 Å². The van der Waals surface area contributed by atoms with E-state index in [9.17, 15) is 19.8 Å². The van der Waals surface area contributed by atoms with Crippen LogP contribution in [0.4, 0.5) is 0 Å². The first kappa shape index (κ1) is 42.6. The van der Waals surface area contributed by atoms with Crippen molar-refractivity contribution in [2.75, 3.05) is 26.2 Å². The van der Waals surface area contributed by atoms with Crippen LogP contribution in [0.5, 0.6) is 0 Å². The third kappa shape index (κ3) is 10.6. The van der Waals surface area contributed by atoms with Crippen molar-refractivity contribution < 1.29 is 50.1 Å². The average molecular weight is 867 g/mol. The molecule has 4 N–H and O–H groups in total. The molecule has 5 rings (SSSR count). The van der Waals surface area contributed by atoms with Crippen molar-refractivity contribution in [1.29, 1.82) is 0 Å². The van der Waals surface area contributed by atoms with Crippen LogP contribution in [0.15, 0.2) is 11.6 Å². The van der Waals surface area contributed by atoms with E-state index in [0.717, 1.165) is 67.6 Å². The number of carbonyl (C=O) groups is 2. The van der Waals surface area contributed by atoms with E-state index in [1.807, 2.05) is 0 Å². The topological polar surface area (TPSA) is 131 Å². The second kappa shape index (κ2) is 18.3. The van der Waals surface area contributed by atoms with Gasteiger partial charge in [0, 0.05) is 21.1 Å². The van der Waals surface area contributed by atoms with Crippen LogP contribution in [-0.4, -0.2) is 71.1 Å². The molecule has 0 aromatic rings. The number of hydrogen-bond acceptors (Lipinski definition) is 3. The summed E-state index contributed by atoms with van der Waals surface area (Å²) < 4.78 is 5.97. The van der Waals surface area contributed by atoms with Crippen LogP contribution < -0.4 is 0 Å². The van der Waals surface area contributed by atoms with E-state index in [1.54, 1.807) is 5.57 Å². The fourth-order valence-electron chi connectivity index (χ4n) is 11.1. The van der Waals surface area contributed by atoms with Gasteiger partial charge in [0.25, 0.3) is 0 Å². The van der Waals surface area contributed by atoms with Crippen LogP contribution in [-0.2, 0) is 35.4 Å². The first-order chi connectivity index (χ1) is 22.6. The zero-order valence-corrected chi connectivity index (χ0v) is 33.6. The fraction of sp³-hybridized carbons (Fsp3) is 0.875. The molecule has 0 bridgehead atoms. The van der Waals surface area contributed by atoms with Gasteiger partial charge < -0.3 is 30.9 Å². The van der Waals surface area contributed by atoms with Crippen LogP contribution in [0, 0.1) is 53.4 Å². The van der Waals surface area contributed by atoms with E-state index in [2.05, 4.69) is 47.7 Å². The number of quaternary nitrogens is 1. The predicted molar refractivity (Wildman–Crippen MR) is 193 cm³/mol. The van der Waals surface area contributed by atoms with Gasteiger partial charge in [-0.25, -0.2) is 9.59 Å². The Bertz CT molecular complexity index is 1090. The Hall–Kier alpha value is -0.792. The maximum absolute atomic E-state index is 11.3. The van der Waals surface area contributed by atoms with Gasteiger partial charge in [-0.05, 0) is 97.7 Å². The number of carboxylic acid groups (broad SMARTS) is 2. The summed E-state index contributed by atoms with van der Waals surface area (Å²) in [5, 5.41) is 18.5. The van der Waals surface area contributed by atoms with Gasteiger partial charge in [0.15, 0.2) is 13.1 Å². The molecule has 0 radical (unpaired) electrons. The molecule has 286 valence electrons. The van der Waals surface area contributed by atoms with Crippen molar-refractivity contribution >= 4 is 11.9 Å². The zero-order chi connectivity index (χ0) is 35.3. The van der Waals surface area contributed by atoms with Crippen LogP contribution in [0.3, 0.4) is 0 Å². The quantitative estimate of drug-likeness (QED) is 0.108. The molecule has 0 amide bonds. The van der Waals surface area contributed by atoms with E-state index < -0.39 is 11.9 Å². The number of ether oxygens (including phenoxy) is 1. The third-order valence-corrected chi connectivity index (χ3v) is 13.9. The van der Waals surface area contributed by atoms with Gasteiger partial charge in [-0.1, -0.05) is 91.2 Å². The van der Waals surface area contributed by atoms with Gasteiger partial charge in [-0.2, -0.15) is 12.1 Å². The SMILES string of the molecule is [CH2-][N+](CCOC1CCC2(C)C(=CCC3C2CCC2(C)C(C(C)CCCC(C)C)CCC32)C1)(CC(=O)O)CC(=O)O.[NH-]C1CCCCC1[NH-].[Pt]. The molecule has 4 saturated carbocycles. The molecule has 49 heavy (non-hydrogen) atoms. The third-order valence-electron chi connectivity index (χ3n) is 13.9. The Morgan fingerprint density at radius 1 is 0.939 bits per heavy atom. The molecule has 0 saturated heterocycles. The average Bonchev–Trinajstić information content (AvgIpc) is 3.35. The molecule has 0 heterocycles. The standard InChI is InChI=1S/C34H57NO5.C6H12N2.Pt/c1-23(2)8-7-9-24(3)28-12-13-29-27-11-10-25-20-26(14-16-33(25,4)30(27)15-17-34(28,29)5)40-19-18-35(6,21-31(36)37)22-32(38)39;7-5-3-1-2-4-6(5)8;/h10,23-24,26-30H,6-9,11-22H2,1-5H3,(H,36,37)(H,38,39);5-8H,1-4H2;/q;-2;. The van der Waals surface area contributed by atoms with Gasteiger partial charge in [0.05, 0.1) is 19.3 Å². The van der Waals surface area contributed by atoms with Crippen molar-refractivity contribution in [2.24, 2.45) is 46.3 Å². The van der Waals surface area contributed by atoms with Crippen molar-refractivity contribution in [3.63, 3.8) is 0 Å². The number of nitrogens with zero attached hydrogens (tertiary/aromatic N) is 1. The van der Waals surface area contributed by atoms with E-state index >= 15 is 0 Å². The van der Waals surface area contributed by atoms with Gasteiger partial charge >= 0.3 is 11.9 Å². The monoisotopic (exact) mass is 866 g/mol. The maximum Gasteiger partial charge on any atom is 0.357 e. The van der Waals surface area contributed by atoms with Crippen LogP contribution in [0.2, 0.25) is 0 Å². The van der Waals surface area contributed by atoms with E-state index in [-0.39, 0.29) is 68.8 Å². The van der Waals surface area contributed by atoms with E-state index in [1.165, 1.54) is 64.2 Å². The largest absolute Gasteiger partial charge is 0.676 e. The first-order valence-corrected chi connectivity index (χ1v) is 19.5. The molecule has 4 fully saturated rings. The number of fused-ring (bicyclic) bond motifs is 5. The molecule has 10 unspecified atom stereocenters. The molecule has 5 aliphatic rings. The summed E-state index contributed by atoms with van der Waals surface area (Å²) >= 11 is 0. The van der Waals surface area contributed by atoms with Gasteiger partial charge in [-0.15, -0.1) is 7.05 Å². The Morgan fingerprint density at radius 2 is 1.57 bits per heavy atom. The minimum absolute atomic E-state index is 0. The van der Waals surface area contributed by atoms with Crippen molar-refractivity contribution in [1.82, 2.24) is 0 Å². The summed E-state index contributed by atoms with van der Waals surface area (Å²) in [6, 6.07) is -0.160. The number of aliphatic carboxylic acids is 2. The Kier molecular flexibility index (Phi) is 15.9. The molecular weight excluding hydrogens is 798 g/mol. The van der Waals surface area contributed by atoms with Crippen molar-refractivity contribution in [2.45, 2.75) is 149 Å². The minimum atomic E-state index is -1.04. The summed E-state index contributed by atoms with van der Waals surface area (Å²) in [6.45, 7) is 12.4. The molecular formula is C40H69N3O5Pt-2. The molecule has 0 aromatic heterocycles. The number of nitrogens with one attached hydrogen (secondary N) is 2. The van der Waals surface area contributed by atoms with Gasteiger partial charge in [-0.3, -0.25) is 0 Å². The summed E-state index contributed by atoms with van der Waals surface area (Å²) in [5.74, 6) is 2.90. The fourth-order valence-corrected chi connectivity index (χ4v) is 11.1. The Balaban J connectivity index is 0.000000634.